The quantitative estimate of drug-likeness (QED) is 0.719. The van der Waals surface area contributed by atoms with E-state index in [0.717, 1.165) is 3.57 Å². The van der Waals surface area contributed by atoms with Crippen LogP contribution in [0.4, 0.5) is 0 Å². The third kappa shape index (κ3) is 3.37. The number of hydrogen-bond donors (Lipinski definition) is 1. The van der Waals surface area contributed by atoms with Gasteiger partial charge in [-0.1, -0.05) is 0 Å². The molecule has 2 rings (SSSR count). The summed E-state index contributed by atoms with van der Waals surface area (Å²) in [4.78, 5) is 19.0. The summed E-state index contributed by atoms with van der Waals surface area (Å²) in [5, 5.41) is 8.97. The molecule has 1 aromatic carbocycles. The predicted octanol–water partition coefficient (Wildman–Crippen LogP) is 3.34. The van der Waals surface area contributed by atoms with E-state index >= 15 is 0 Å². The molecule has 0 saturated carbocycles. The first-order valence-electron chi connectivity index (χ1n) is 5.28. The molecule has 6 nitrogen and oxygen atoms in total. The minimum Gasteiger partial charge on any atom is -0.480 e. The molecule has 0 saturated heterocycles. The molecule has 2 aromatic rings. The summed E-state index contributed by atoms with van der Waals surface area (Å²) in [7, 11) is 1.48. The van der Waals surface area contributed by atoms with Crippen LogP contribution in [0.1, 0.15) is 10.4 Å². The lowest BCUT2D eigenvalue weighted by Crippen LogP contribution is -2.00. The van der Waals surface area contributed by atoms with Gasteiger partial charge in [-0.3, -0.25) is 0 Å². The van der Waals surface area contributed by atoms with Gasteiger partial charge in [-0.25, -0.2) is 9.78 Å². The lowest BCUT2D eigenvalue weighted by molar-refractivity contribution is 0.0696. The first kappa shape index (κ1) is 15.0. The Morgan fingerprint density at radius 3 is 2.85 bits per heavy atom. The highest BCUT2D eigenvalue weighted by molar-refractivity contribution is 14.1. The maximum Gasteiger partial charge on any atom is 0.335 e. The van der Waals surface area contributed by atoms with E-state index < -0.39 is 5.97 Å². The SMILES string of the molecule is COc1nc(Oc2cc(C(=O)O)ccc2I)ncc1Br. The van der Waals surface area contributed by atoms with Gasteiger partial charge in [-0.05, 0) is 56.7 Å². The summed E-state index contributed by atoms with van der Waals surface area (Å²) in [5.74, 6) is -0.324. The van der Waals surface area contributed by atoms with Crippen LogP contribution >= 0.6 is 38.5 Å². The third-order valence-corrected chi connectivity index (χ3v) is 3.70. The largest absolute Gasteiger partial charge is 0.480 e. The van der Waals surface area contributed by atoms with Crippen LogP contribution in [-0.2, 0) is 0 Å². The number of ether oxygens (including phenoxy) is 2. The Hall–Kier alpha value is -1.42. The summed E-state index contributed by atoms with van der Waals surface area (Å²) in [6.07, 6.45) is 1.50. The monoisotopic (exact) mass is 450 g/mol. The topological polar surface area (TPSA) is 81.5 Å². The first-order valence-corrected chi connectivity index (χ1v) is 7.15. The van der Waals surface area contributed by atoms with Gasteiger partial charge in [0.05, 0.1) is 26.9 Å². The van der Waals surface area contributed by atoms with Gasteiger partial charge in [0.25, 0.3) is 0 Å². The van der Waals surface area contributed by atoms with E-state index in [0.29, 0.717) is 16.1 Å². The number of aromatic carboxylic acids is 1. The van der Waals surface area contributed by atoms with Crippen LogP contribution in [0.5, 0.6) is 17.6 Å². The number of rotatable bonds is 4. The molecular weight excluding hydrogens is 443 g/mol. The molecule has 0 bridgehead atoms. The van der Waals surface area contributed by atoms with Crippen LogP contribution in [0.3, 0.4) is 0 Å². The summed E-state index contributed by atoms with van der Waals surface area (Å²) >= 11 is 5.27. The first-order chi connectivity index (χ1) is 9.51. The summed E-state index contributed by atoms with van der Waals surface area (Å²) < 4.78 is 11.9. The highest BCUT2D eigenvalue weighted by atomic mass is 127. The Bertz CT molecular complexity index is 666. The number of methoxy groups -OCH3 is 1. The molecule has 1 N–H and O–H groups in total. The summed E-state index contributed by atoms with van der Waals surface area (Å²) in [6.45, 7) is 0. The van der Waals surface area contributed by atoms with E-state index in [-0.39, 0.29) is 11.6 Å². The van der Waals surface area contributed by atoms with Gasteiger partial charge < -0.3 is 14.6 Å². The Morgan fingerprint density at radius 1 is 1.45 bits per heavy atom. The van der Waals surface area contributed by atoms with Crippen LogP contribution in [0.2, 0.25) is 0 Å². The van der Waals surface area contributed by atoms with Crippen LogP contribution in [0.15, 0.2) is 28.9 Å². The molecule has 0 atom stereocenters. The number of halogens is 2. The van der Waals surface area contributed by atoms with Crippen molar-refractivity contribution in [2.75, 3.05) is 7.11 Å². The Balaban J connectivity index is 2.34. The molecule has 0 unspecified atom stereocenters. The van der Waals surface area contributed by atoms with Crippen LogP contribution in [0, 0.1) is 3.57 Å². The number of carbonyl (C=O) groups is 1. The van der Waals surface area contributed by atoms with Crippen molar-refractivity contribution in [3.05, 3.63) is 38.0 Å². The standard InChI is InChI=1S/C12H8BrIN2O4/c1-19-10-7(13)5-15-12(16-10)20-9-4-6(11(17)18)2-3-8(9)14/h2-5H,1H3,(H,17,18). The van der Waals surface area contributed by atoms with Crippen LogP contribution in [0.25, 0.3) is 0 Å². The van der Waals surface area contributed by atoms with Crippen molar-refractivity contribution in [1.82, 2.24) is 9.97 Å². The fraction of sp³-hybridized carbons (Fsp3) is 0.0833. The van der Waals surface area contributed by atoms with Crippen LogP contribution in [-0.4, -0.2) is 28.2 Å². The van der Waals surface area contributed by atoms with Gasteiger partial charge >= 0.3 is 12.0 Å². The second-order valence-electron chi connectivity index (χ2n) is 3.56. The number of carboxylic acids is 1. The molecule has 0 aliphatic carbocycles. The molecule has 0 aliphatic rings. The van der Waals surface area contributed by atoms with E-state index in [1.54, 1.807) is 6.07 Å². The zero-order valence-corrected chi connectivity index (χ0v) is 13.9. The zero-order chi connectivity index (χ0) is 14.7. The Kier molecular flexibility index (Phi) is 4.76. The molecular formula is C12H8BrIN2O4. The van der Waals surface area contributed by atoms with Gasteiger partial charge in [0.15, 0.2) is 0 Å². The second-order valence-corrected chi connectivity index (χ2v) is 5.58. The molecule has 8 heteroatoms. The van der Waals surface area contributed by atoms with E-state index in [1.165, 1.54) is 25.4 Å². The molecule has 0 spiro atoms. The van der Waals surface area contributed by atoms with Gasteiger partial charge in [0.2, 0.25) is 5.88 Å². The maximum absolute atomic E-state index is 10.9. The van der Waals surface area contributed by atoms with Crippen LogP contribution < -0.4 is 9.47 Å². The average Bonchev–Trinajstić information content (AvgIpc) is 2.43. The van der Waals surface area contributed by atoms with Gasteiger partial charge in [0, 0.05) is 0 Å². The van der Waals surface area contributed by atoms with E-state index in [2.05, 4.69) is 25.9 Å². The fourth-order valence-corrected chi connectivity index (χ4v) is 2.14. The van der Waals surface area contributed by atoms with Crippen molar-refractivity contribution in [2.45, 2.75) is 0 Å². The minimum absolute atomic E-state index is 0.0745. The fourth-order valence-electron chi connectivity index (χ4n) is 1.34. The van der Waals surface area contributed by atoms with Crippen molar-refractivity contribution in [3.63, 3.8) is 0 Å². The molecule has 0 aliphatic heterocycles. The third-order valence-electron chi connectivity index (χ3n) is 2.26. The number of carboxylic acid groups (broad SMARTS) is 1. The molecule has 0 radical (unpaired) electrons. The van der Waals surface area contributed by atoms with Crippen molar-refractivity contribution in [1.29, 1.82) is 0 Å². The highest BCUT2D eigenvalue weighted by Crippen LogP contribution is 2.29. The van der Waals surface area contributed by atoms with Crippen molar-refractivity contribution < 1.29 is 19.4 Å². The van der Waals surface area contributed by atoms with Gasteiger partial charge in [-0.2, -0.15) is 4.98 Å². The minimum atomic E-state index is -1.03. The van der Waals surface area contributed by atoms with Gasteiger partial charge in [0.1, 0.15) is 5.75 Å². The maximum atomic E-state index is 10.9. The van der Waals surface area contributed by atoms with Crippen molar-refractivity contribution in [3.8, 4) is 17.6 Å². The Morgan fingerprint density at radius 2 is 2.20 bits per heavy atom. The molecule has 0 amide bonds. The predicted molar refractivity (Wildman–Crippen MR) is 82.5 cm³/mol. The highest BCUT2D eigenvalue weighted by Gasteiger charge is 2.12. The number of nitrogens with zero attached hydrogens (tertiary/aromatic N) is 2. The summed E-state index contributed by atoms with van der Waals surface area (Å²) in [6, 6.07) is 4.64. The van der Waals surface area contributed by atoms with E-state index in [1.807, 2.05) is 22.6 Å². The average molecular weight is 451 g/mol. The smallest absolute Gasteiger partial charge is 0.335 e. The molecule has 104 valence electrons. The molecule has 1 heterocycles. The molecule has 0 fully saturated rings. The molecule has 20 heavy (non-hydrogen) atoms. The molecule has 1 aromatic heterocycles. The zero-order valence-electron chi connectivity index (χ0n) is 10.1. The normalized spacial score (nSPS) is 10.2. The van der Waals surface area contributed by atoms with Crippen molar-refractivity contribution >= 4 is 44.5 Å². The summed E-state index contributed by atoms with van der Waals surface area (Å²) in [5.41, 5.74) is 0.129. The van der Waals surface area contributed by atoms with E-state index in [4.69, 9.17) is 14.6 Å². The number of hydrogen-bond acceptors (Lipinski definition) is 5. The lowest BCUT2D eigenvalue weighted by atomic mass is 10.2. The van der Waals surface area contributed by atoms with E-state index in [9.17, 15) is 4.79 Å². The number of aromatic nitrogens is 2. The Labute approximate surface area is 136 Å². The lowest BCUT2D eigenvalue weighted by Gasteiger charge is -2.08. The second kappa shape index (κ2) is 6.35. The van der Waals surface area contributed by atoms with Gasteiger partial charge in [-0.15, -0.1) is 0 Å². The number of benzene rings is 1. The van der Waals surface area contributed by atoms with Crippen molar-refractivity contribution in [2.24, 2.45) is 0 Å².